The van der Waals surface area contributed by atoms with E-state index < -0.39 is 5.82 Å². The van der Waals surface area contributed by atoms with Crippen LogP contribution in [0, 0.1) is 11.6 Å². The van der Waals surface area contributed by atoms with Gasteiger partial charge in [0.05, 0.1) is 5.02 Å². The summed E-state index contributed by atoms with van der Waals surface area (Å²) in [6, 6.07) is 10.8. The minimum atomic E-state index is -0.451. The van der Waals surface area contributed by atoms with Gasteiger partial charge in [-0.1, -0.05) is 35.9 Å². The normalized spacial score (nSPS) is 12.4. The fraction of sp³-hybridized carbons (Fsp3) is 0.200. The van der Waals surface area contributed by atoms with Crippen molar-refractivity contribution in [2.24, 2.45) is 5.73 Å². The third kappa shape index (κ3) is 3.75. The van der Waals surface area contributed by atoms with Gasteiger partial charge in [0, 0.05) is 6.04 Å². The number of hydrogen-bond donors (Lipinski definition) is 1. The first-order chi connectivity index (χ1) is 9.06. The van der Waals surface area contributed by atoms with E-state index in [0.29, 0.717) is 18.4 Å². The molecular weight excluding hydrogens is 268 g/mol. The second-order valence-electron chi connectivity index (χ2n) is 4.51. The van der Waals surface area contributed by atoms with Gasteiger partial charge in [-0.05, 0) is 42.2 Å². The molecule has 2 N–H and O–H groups in total. The lowest BCUT2D eigenvalue weighted by Crippen LogP contribution is -2.26. The molecular formula is C15H14ClF2N. The van der Waals surface area contributed by atoms with Gasteiger partial charge in [-0.25, -0.2) is 8.78 Å². The summed E-state index contributed by atoms with van der Waals surface area (Å²) in [7, 11) is 0. The lowest BCUT2D eigenvalue weighted by molar-refractivity contribution is 0.583. The minimum Gasteiger partial charge on any atom is -0.327 e. The van der Waals surface area contributed by atoms with Gasteiger partial charge < -0.3 is 5.73 Å². The summed E-state index contributed by atoms with van der Waals surface area (Å²) in [4.78, 5) is 0. The minimum absolute atomic E-state index is 0.0793. The van der Waals surface area contributed by atoms with Crippen molar-refractivity contribution in [3.63, 3.8) is 0 Å². The molecule has 19 heavy (non-hydrogen) atoms. The summed E-state index contributed by atoms with van der Waals surface area (Å²) in [6.45, 7) is 0. The molecule has 0 aromatic heterocycles. The summed E-state index contributed by atoms with van der Waals surface area (Å²) in [5.74, 6) is -0.705. The smallest absolute Gasteiger partial charge is 0.141 e. The zero-order valence-electron chi connectivity index (χ0n) is 10.2. The largest absolute Gasteiger partial charge is 0.327 e. The van der Waals surface area contributed by atoms with Crippen LogP contribution < -0.4 is 5.73 Å². The van der Waals surface area contributed by atoms with E-state index in [0.717, 1.165) is 5.56 Å². The van der Waals surface area contributed by atoms with Crippen molar-refractivity contribution in [2.45, 2.75) is 18.9 Å². The third-order valence-electron chi connectivity index (χ3n) is 2.92. The van der Waals surface area contributed by atoms with E-state index in [4.69, 9.17) is 17.3 Å². The van der Waals surface area contributed by atoms with Gasteiger partial charge in [-0.3, -0.25) is 0 Å². The first kappa shape index (κ1) is 14.0. The van der Waals surface area contributed by atoms with Crippen LogP contribution in [0.5, 0.6) is 0 Å². The van der Waals surface area contributed by atoms with Crippen LogP contribution in [0.2, 0.25) is 5.02 Å². The van der Waals surface area contributed by atoms with Crippen molar-refractivity contribution in [3.8, 4) is 0 Å². The highest BCUT2D eigenvalue weighted by Gasteiger charge is 2.10. The Morgan fingerprint density at radius 3 is 2.42 bits per heavy atom. The molecule has 0 aliphatic carbocycles. The Balaban J connectivity index is 2.03. The molecule has 0 bridgehead atoms. The molecule has 0 spiro atoms. The highest BCUT2D eigenvalue weighted by Crippen LogP contribution is 2.18. The molecule has 100 valence electrons. The quantitative estimate of drug-likeness (QED) is 0.908. The lowest BCUT2D eigenvalue weighted by atomic mass is 9.99. The van der Waals surface area contributed by atoms with Crippen molar-refractivity contribution in [2.75, 3.05) is 0 Å². The molecule has 0 saturated carbocycles. The van der Waals surface area contributed by atoms with Crippen molar-refractivity contribution >= 4 is 11.6 Å². The number of nitrogens with two attached hydrogens (primary N) is 1. The molecule has 4 heteroatoms. The predicted molar refractivity (Wildman–Crippen MR) is 73.2 cm³/mol. The van der Waals surface area contributed by atoms with Crippen LogP contribution in [0.15, 0.2) is 42.5 Å². The SMILES string of the molecule is NC(Cc1ccc(F)c(Cl)c1)Cc1ccccc1F. The maximum atomic E-state index is 13.5. The van der Waals surface area contributed by atoms with Crippen LogP contribution in [0.3, 0.4) is 0 Å². The van der Waals surface area contributed by atoms with Crippen LogP contribution in [-0.4, -0.2) is 6.04 Å². The van der Waals surface area contributed by atoms with Crippen LogP contribution in [0.25, 0.3) is 0 Å². The summed E-state index contributed by atoms with van der Waals surface area (Å²) < 4.78 is 26.5. The molecule has 0 amide bonds. The van der Waals surface area contributed by atoms with E-state index in [1.165, 1.54) is 12.1 Å². The predicted octanol–water partition coefficient (Wildman–Crippen LogP) is 3.73. The number of rotatable bonds is 4. The molecule has 0 heterocycles. The Morgan fingerprint density at radius 2 is 1.74 bits per heavy atom. The maximum absolute atomic E-state index is 13.5. The van der Waals surface area contributed by atoms with E-state index in [-0.39, 0.29) is 16.9 Å². The van der Waals surface area contributed by atoms with Gasteiger partial charge >= 0.3 is 0 Å². The molecule has 1 nitrogen and oxygen atoms in total. The molecule has 0 saturated heterocycles. The highest BCUT2D eigenvalue weighted by molar-refractivity contribution is 6.30. The Labute approximate surface area is 116 Å². The lowest BCUT2D eigenvalue weighted by Gasteiger charge is -2.12. The standard InChI is InChI=1S/C15H14ClF2N/c16-13-8-10(5-6-15(13)18)7-12(19)9-11-3-1-2-4-14(11)17/h1-6,8,12H,7,9,19H2. The van der Waals surface area contributed by atoms with Crippen molar-refractivity contribution < 1.29 is 8.78 Å². The zero-order chi connectivity index (χ0) is 13.8. The van der Waals surface area contributed by atoms with Gasteiger partial charge in [0.2, 0.25) is 0 Å². The number of halogens is 3. The van der Waals surface area contributed by atoms with E-state index in [2.05, 4.69) is 0 Å². The van der Waals surface area contributed by atoms with E-state index in [1.807, 2.05) is 0 Å². The summed E-state index contributed by atoms with van der Waals surface area (Å²) >= 11 is 5.71. The maximum Gasteiger partial charge on any atom is 0.141 e. The van der Waals surface area contributed by atoms with Crippen LogP contribution in [0.4, 0.5) is 8.78 Å². The average Bonchev–Trinajstić information content (AvgIpc) is 2.37. The summed E-state index contributed by atoms with van der Waals surface area (Å²) in [5.41, 5.74) is 7.42. The molecule has 0 aliphatic rings. The summed E-state index contributed by atoms with van der Waals surface area (Å²) in [6.07, 6.45) is 0.954. The van der Waals surface area contributed by atoms with E-state index in [9.17, 15) is 8.78 Å². The third-order valence-corrected chi connectivity index (χ3v) is 3.21. The van der Waals surface area contributed by atoms with Crippen molar-refractivity contribution in [1.29, 1.82) is 0 Å². The molecule has 0 radical (unpaired) electrons. The molecule has 0 aliphatic heterocycles. The molecule has 2 aromatic rings. The fourth-order valence-electron chi connectivity index (χ4n) is 1.99. The van der Waals surface area contributed by atoms with Crippen molar-refractivity contribution in [1.82, 2.24) is 0 Å². The van der Waals surface area contributed by atoms with Gasteiger partial charge in [-0.15, -0.1) is 0 Å². The summed E-state index contributed by atoms with van der Waals surface area (Å²) in [5, 5.41) is 0.0793. The Morgan fingerprint density at radius 1 is 1.00 bits per heavy atom. The van der Waals surface area contributed by atoms with Gasteiger partial charge in [-0.2, -0.15) is 0 Å². The topological polar surface area (TPSA) is 26.0 Å². The zero-order valence-corrected chi connectivity index (χ0v) is 11.0. The molecule has 1 atom stereocenters. The Bertz CT molecular complexity index is 572. The second-order valence-corrected chi connectivity index (χ2v) is 4.92. The van der Waals surface area contributed by atoms with Gasteiger partial charge in [0.25, 0.3) is 0 Å². The van der Waals surface area contributed by atoms with Gasteiger partial charge in [0.1, 0.15) is 11.6 Å². The Kier molecular flexibility index (Phi) is 4.51. The first-order valence-electron chi connectivity index (χ1n) is 5.99. The average molecular weight is 282 g/mol. The van der Waals surface area contributed by atoms with Crippen LogP contribution in [0.1, 0.15) is 11.1 Å². The molecule has 0 fully saturated rings. The molecule has 1 unspecified atom stereocenters. The van der Waals surface area contributed by atoms with Crippen LogP contribution >= 0.6 is 11.6 Å². The van der Waals surface area contributed by atoms with Crippen molar-refractivity contribution in [3.05, 3.63) is 70.2 Å². The number of hydrogen-bond acceptors (Lipinski definition) is 1. The van der Waals surface area contributed by atoms with Crippen LogP contribution in [-0.2, 0) is 12.8 Å². The van der Waals surface area contributed by atoms with Gasteiger partial charge in [0.15, 0.2) is 0 Å². The molecule has 2 rings (SSSR count). The second kappa shape index (κ2) is 6.13. The Hall–Kier alpha value is -1.45. The van der Waals surface area contributed by atoms with E-state index in [1.54, 1.807) is 30.3 Å². The monoisotopic (exact) mass is 281 g/mol. The first-order valence-corrected chi connectivity index (χ1v) is 6.37. The fourth-order valence-corrected chi connectivity index (χ4v) is 2.19. The molecule has 2 aromatic carbocycles. The highest BCUT2D eigenvalue weighted by atomic mass is 35.5. The van der Waals surface area contributed by atoms with E-state index >= 15 is 0 Å². The number of benzene rings is 2.